The molecule has 2 aliphatic rings. The number of likely N-dealkylation sites (tertiary alicyclic amines) is 1. The Hall–Kier alpha value is -0.820. The molecule has 0 aromatic carbocycles. The Morgan fingerprint density at radius 1 is 1.35 bits per heavy atom. The number of rotatable bonds is 6. The fraction of sp³-hybridized carbons (Fsp3) is 0.778. The lowest BCUT2D eigenvalue weighted by molar-refractivity contribution is -0.126. The highest BCUT2D eigenvalue weighted by Crippen LogP contribution is 2.27. The van der Waals surface area contributed by atoms with E-state index in [2.05, 4.69) is 19.8 Å². The van der Waals surface area contributed by atoms with Crippen LogP contribution in [0, 0.1) is 5.92 Å². The monoisotopic (exact) mass is 405 g/mol. The minimum absolute atomic E-state index is 0. The fourth-order valence-electron chi connectivity index (χ4n) is 4.08. The van der Waals surface area contributed by atoms with Crippen molar-refractivity contribution in [2.45, 2.75) is 57.0 Å². The number of amides is 1. The number of hydrogen-bond acceptors (Lipinski definition) is 4. The minimum Gasteiger partial charge on any atom is -0.354 e. The molecule has 3 N–H and O–H groups in total. The van der Waals surface area contributed by atoms with Crippen molar-refractivity contribution in [3.8, 4) is 0 Å². The predicted molar refractivity (Wildman–Crippen MR) is 109 cm³/mol. The van der Waals surface area contributed by atoms with E-state index in [4.69, 9.17) is 5.73 Å². The first kappa shape index (κ1) is 23.2. The van der Waals surface area contributed by atoms with Crippen LogP contribution in [0.2, 0.25) is 0 Å². The maximum absolute atomic E-state index is 12.3. The van der Waals surface area contributed by atoms with Gasteiger partial charge in [0.15, 0.2) is 0 Å². The Labute approximate surface area is 169 Å². The van der Waals surface area contributed by atoms with Crippen molar-refractivity contribution in [1.82, 2.24) is 19.8 Å². The molecule has 150 valence electrons. The first-order valence-corrected chi connectivity index (χ1v) is 9.32. The Bertz CT molecular complexity index is 560. The molecule has 1 amide bonds. The van der Waals surface area contributed by atoms with Gasteiger partial charge >= 0.3 is 0 Å². The normalized spacial score (nSPS) is 22.3. The van der Waals surface area contributed by atoms with E-state index in [1.54, 1.807) is 0 Å². The minimum atomic E-state index is -0.600. The van der Waals surface area contributed by atoms with E-state index >= 15 is 0 Å². The molecular formula is C18H33Cl2N5O. The van der Waals surface area contributed by atoms with Crippen LogP contribution in [0.4, 0.5) is 0 Å². The fourth-order valence-corrected chi connectivity index (χ4v) is 4.08. The molecule has 1 aliphatic heterocycles. The molecule has 1 saturated heterocycles. The van der Waals surface area contributed by atoms with Crippen LogP contribution >= 0.6 is 24.8 Å². The molecule has 2 fully saturated rings. The Kier molecular flexibility index (Phi) is 9.38. The second-order valence-corrected chi connectivity index (χ2v) is 7.61. The molecule has 1 aromatic rings. The van der Waals surface area contributed by atoms with Crippen molar-refractivity contribution >= 4 is 30.7 Å². The predicted octanol–water partition coefficient (Wildman–Crippen LogP) is 2.25. The maximum Gasteiger partial charge on any atom is 0.240 e. The standard InChI is InChI=1S/C18H31N5O.2ClH/c1-22-12-10-20-16(22)14-23-11-4-5-15(13-23)6-9-21-17(24)18(19)7-2-3-8-18;;/h10,12,15H,2-9,11,13-14,19H2,1H3,(H,21,24);2*1H. The van der Waals surface area contributed by atoms with Gasteiger partial charge in [-0.05, 0) is 44.6 Å². The lowest BCUT2D eigenvalue weighted by Gasteiger charge is -2.32. The number of piperidine rings is 1. The average molecular weight is 406 g/mol. The quantitative estimate of drug-likeness (QED) is 0.760. The number of hydrogen-bond donors (Lipinski definition) is 2. The van der Waals surface area contributed by atoms with Crippen molar-refractivity contribution in [1.29, 1.82) is 0 Å². The largest absolute Gasteiger partial charge is 0.354 e. The molecule has 0 radical (unpaired) electrons. The highest BCUT2D eigenvalue weighted by Gasteiger charge is 2.36. The van der Waals surface area contributed by atoms with Gasteiger partial charge in [0.1, 0.15) is 5.82 Å². The number of carbonyl (C=O) groups excluding carboxylic acids is 1. The van der Waals surface area contributed by atoms with E-state index in [1.807, 2.05) is 19.4 Å². The van der Waals surface area contributed by atoms with Gasteiger partial charge in [-0.2, -0.15) is 0 Å². The molecule has 1 atom stereocenters. The second kappa shape index (κ2) is 10.5. The van der Waals surface area contributed by atoms with Crippen LogP contribution in [0.25, 0.3) is 0 Å². The summed E-state index contributed by atoms with van der Waals surface area (Å²) in [6, 6.07) is 0. The van der Waals surface area contributed by atoms with E-state index in [1.165, 1.54) is 12.8 Å². The zero-order valence-corrected chi connectivity index (χ0v) is 17.3. The summed E-state index contributed by atoms with van der Waals surface area (Å²) in [7, 11) is 2.05. The highest BCUT2D eigenvalue weighted by atomic mass is 35.5. The summed E-state index contributed by atoms with van der Waals surface area (Å²) < 4.78 is 2.09. The van der Waals surface area contributed by atoms with E-state index < -0.39 is 5.54 Å². The van der Waals surface area contributed by atoms with Gasteiger partial charge in [-0.3, -0.25) is 9.69 Å². The summed E-state index contributed by atoms with van der Waals surface area (Å²) in [5, 5.41) is 3.08. The third kappa shape index (κ3) is 5.84. The molecule has 0 bridgehead atoms. The zero-order chi connectivity index (χ0) is 17.0. The van der Waals surface area contributed by atoms with Gasteiger partial charge in [-0.25, -0.2) is 4.98 Å². The van der Waals surface area contributed by atoms with E-state index in [0.29, 0.717) is 5.92 Å². The summed E-state index contributed by atoms with van der Waals surface area (Å²) in [4.78, 5) is 19.2. The average Bonchev–Trinajstić information content (AvgIpc) is 3.18. The van der Waals surface area contributed by atoms with Crippen molar-refractivity contribution in [2.24, 2.45) is 18.7 Å². The van der Waals surface area contributed by atoms with Crippen LogP contribution in [0.3, 0.4) is 0 Å². The molecule has 1 aromatic heterocycles. The SMILES string of the molecule is Cl.Cl.Cn1ccnc1CN1CCCC(CCNC(=O)C2(N)CCCC2)C1. The number of imidazole rings is 1. The molecule has 1 saturated carbocycles. The van der Waals surface area contributed by atoms with Crippen LogP contribution < -0.4 is 11.1 Å². The van der Waals surface area contributed by atoms with E-state index in [9.17, 15) is 4.79 Å². The molecule has 0 spiro atoms. The van der Waals surface area contributed by atoms with Gasteiger partial charge in [0.05, 0.1) is 12.1 Å². The Balaban J connectivity index is 0.00000169. The number of carbonyl (C=O) groups is 1. The van der Waals surface area contributed by atoms with Crippen LogP contribution in [0.1, 0.15) is 50.8 Å². The van der Waals surface area contributed by atoms with Crippen LogP contribution in [0.5, 0.6) is 0 Å². The van der Waals surface area contributed by atoms with Gasteiger partial charge in [0, 0.05) is 32.5 Å². The van der Waals surface area contributed by atoms with Gasteiger partial charge in [-0.15, -0.1) is 24.8 Å². The van der Waals surface area contributed by atoms with Crippen molar-refractivity contribution in [3.63, 3.8) is 0 Å². The molecule has 26 heavy (non-hydrogen) atoms. The Morgan fingerprint density at radius 3 is 2.73 bits per heavy atom. The van der Waals surface area contributed by atoms with Crippen molar-refractivity contribution < 1.29 is 4.79 Å². The summed E-state index contributed by atoms with van der Waals surface area (Å²) >= 11 is 0. The molecule has 1 aliphatic carbocycles. The van der Waals surface area contributed by atoms with Gasteiger partial charge < -0.3 is 15.6 Å². The van der Waals surface area contributed by atoms with Crippen molar-refractivity contribution in [2.75, 3.05) is 19.6 Å². The lowest BCUT2D eigenvalue weighted by Crippen LogP contribution is -2.52. The third-order valence-electron chi connectivity index (χ3n) is 5.68. The number of nitrogens with one attached hydrogen (secondary N) is 1. The first-order valence-electron chi connectivity index (χ1n) is 9.32. The van der Waals surface area contributed by atoms with Crippen LogP contribution in [-0.2, 0) is 18.4 Å². The summed E-state index contributed by atoms with van der Waals surface area (Å²) in [6.45, 7) is 3.90. The Morgan fingerprint density at radius 2 is 2.08 bits per heavy atom. The van der Waals surface area contributed by atoms with Crippen LogP contribution in [-0.4, -0.2) is 45.5 Å². The smallest absolute Gasteiger partial charge is 0.240 e. The number of aromatic nitrogens is 2. The van der Waals surface area contributed by atoms with E-state index in [-0.39, 0.29) is 30.7 Å². The number of halogens is 2. The molecule has 2 heterocycles. The number of aryl methyl sites for hydroxylation is 1. The maximum atomic E-state index is 12.3. The van der Waals surface area contributed by atoms with Gasteiger partial charge in [-0.1, -0.05) is 12.8 Å². The zero-order valence-electron chi connectivity index (χ0n) is 15.7. The van der Waals surface area contributed by atoms with Crippen molar-refractivity contribution in [3.05, 3.63) is 18.2 Å². The molecular weight excluding hydrogens is 373 g/mol. The van der Waals surface area contributed by atoms with E-state index in [0.717, 1.165) is 64.1 Å². The summed E-state index contributed by atoms with van der Waals surface area (Å²) in [5.41, 5.74) is 5.60. The first-order chi connectivity index (χ1) is 11.6. The second-order valence-electron chi connectivity index (χ2n) is 7.61. The lowest BCUT2D eigenvalue weighted by atomic mass is 9.94. The van der Waals surface area contributed by atoms with Crippen LogP contribution in [0.15, 0.2) is 12.4 Å². The molecule has 3 rings (SSSR count). The molecule has 1 unspecified atom stereocenters. The third-order valence-corrected chi connectivity index (χ3v) is 5.68. The van der Waals surface area contributed by atoms with Gasteiger partial charge in [0.2, 0.25) is 5.91 Å². The number of nitrogens with zero attached hydrogens (tertiary/aromatic N) is 3. The molecule has 8 heteroatoms. The summed E-state index contributed by atoms with van der Waals surface area (Å²) in [5.74, 6) is 1.83. The molecule has 6 nitrogen and oxygen atoms in total. The van der Waals surface area contributed by atoms with Gasteiger partial charge in [0.25, 0.3) is 0 Å². The number of nitrogens with two attached hydrogens (primary N) is 1. The highest BCUT2D eigenvalue weighted by molar-refractivity contribution is 5.86. The summed E-state index contributed by atoms with van der Waals surface area (Å²) in [6.07, 6.45) is 11.2. The topological polar surface area (TPSA) is 76.2 Å².